The number of benzene rings is 1. The summed E-state index contributed by atoms with van der Waals surface area (Å²) in [5, 5.41) is 11.6. The van der Waals surface area contributed by atoms with Gasteiger partial charge in [0.25, 0.3) is 0 Å². The van der Waals surface area contributed by atoms with Gasteiger partial charge in [-0.2, -0.15) is 0 Å². The summed E-state index contributed by atoms with van der Waals surface area (Å²) in [5.74, 6) is 0.0256. The van der Waals surface area contributed by atoms with Gasteiger partial charge in [-0.05, 0) is 43.7 Å². The Kier molecular flexibility index (Phi) is 6.64. The predicted octanol–water partition coefficient (Wildman–Crippen LogP) is 4.66. The van der Waals surface area contributed by atoms with Crippen LogP contribution in [0.5, 0.6) is 0 Å². The van der Waals surface area contributed by atoms with Crippen molar-refractivity contribution < 1.29 is 9.18 Å². The molecule has 6 nitrogen and oxygen atoms in total. The summed E-state index contributed by atoms with van der Waals surface area (Å²) in [4.78, 5) is 16.6. The van der Waals surface area contributed by atoms with Gasteiger partial charge in [0.2, 0.25) is 5.91 Å². The van der Waals surface area contributed by atoms with Gasteiger partial charge < -0.3 is 9.88 Å². The minimum absolute atomic E-state index is 0.152. The van der Waals surface area contributed by atoms with E-state index in [9.17, 15) is 9.18 Å². The maximum atomic E-state index is 13.2. The predicted molar refractivity (Wildman–Crippen MR) is 109 cm³/mol. The van der Waals surface area contributed by atoms with Crippen molar-refractivity contribution in [2.75, 3.05) is 5.32 Å². The molecule has 1 atom stereocenters. The quantitative estimate of drug-likeness (QED) is 0.564. The summed E-state index contributed by atoms with van der Waals surface area (Å²) < 4.78 is 15.2. The summed E-state index contributed by atoms with van der Waals surface area (Å²) in [6.07, 6.45) is 4.31. The fraction of sp³-hybridized carbons (Fsp3) is 0.263. The molecule has 1 aromatic carbocycles. The van der Waals surface area contributed by atoms with Crippen molar-refractivity contribution in [2.24, 2.45) is 0 Å². The van der Waals surface area contributed by atoms with Crippen LogP contribution in [0.1, 0.15) is 20.3 Å². The smallest absolute Gasteiger partial charge is 0.237 e. The molecule has 0 radical (unpaired) electrons. The van der Waals surface area contributed by atoms with Gasteiger partial charge >= 0.3 is 0 Å². The molecule has 2 aromatic heterocycles. The Morgan fingerprint density at radius 1 is 1.29 bits per heavy atom. The molecule has 3 aromatic rings. The first-order valence-electron chi connectivity index (χ1n) is 8.75. The van der Waals surface area contributed by atoms with Gasteiger partial charge in [-0.15, -0.1) is 10.2 Å². The molecule has 0 fully saturated rings. The van der Waals surface area contributed by atoms with Crippen molar-refractivity contribution in [1.29, 1.82) is 0 Å². The molecule has 3 rings (SSSR count). The second kappa shape index (κ2) is 9.16. The van der Waals surface area contributed by atoms with E-state index in [4.69, 9.17) is 11.6 Å². The van der Waals surface area contributed by atoms with Crippen molar-refractivity contribution in [1.82, 2.24) is 19.7 Å². The molecule has 1 N–H and O–H groups in total. The third kappa shape index (κ3) is 4.69. The highest BCUT2D eigenvalue weighted by atomic mass is 35.5. The summed E-state index contributed by atoms with van der Waals surface area (Å²) >= 11 is 7.29. The number of thioether (sulfide) groups is 1. The molecule has 146 valence electrons. The number of carbonyl (C=O) groups excluding carboxylic acids is 1. The molecule has 28 heavy (non-hydrogen) atoms. The van der Waals surface area contributed by atoms with Crippen molar-refractivity contribution >= 4 is 35.0 Å². The summed E-state index contributed by atoms with van der Waals surface area (Å²) in [7, 11) is 0. The van der Waals surface area contributed by atoms with Crippen LogP contribution in [0.2, 0.25) is 5.02 Å². The van der Waals surface area contributed by atoms with Gasteiger partial charge in [-0.25, -0.2) is 4.39 Å². The lowest BCUT2D eigenvalue weighted by Gasteiger charge is -2.14. The second-order valence-electron chi connectivity index (χ2n) is 6.07. The number of pyridine rings is 1. The van der Waals surface area contributed by atoms with Crippen LogP contribution < -0.4 is 5.32 Å². The van der Waals surface area contributed by atoms with E-state index in [1.54, 1.807) is 19.3 Å². The molecule has 0 aliphatic heterocycles. The van der Waals surface area contributed by atoms with Gasteiger partial charge in [0.1, 0.15) is 5.82 Å². The molecule has 1 unspecified atom stereocenters. The molecule has 0 aliphatic carbocycles. The minimum atomic E-state index is -0.457. The molecular weight excluding hydrogens is 401 g/mol. The number of hydrogen-bond acceptors (Lipinski definition) is 5. The zero-order valence-corrected chi connectivity index (χ0v) is 17.0. The lowest BCUT2D eigenvalue weighted by molar-refractivity contribution is -0.115. The van der Waals surface area contributed by atoms with Crippen molar-refractivity contribution in [3.8, 4) is 11.4 Å². The Morgan fingerprint density at radius 3 is 2.71 bits per heavy atom. The molecule has 0 aliphatic rings. The van der Waals surface area contributed by atoms with E-state index < -0.39 is 11.1 Å². The Bertz CT molecular complexity index is 966. The highest BCUT2D eigenvalue weighted by Gasteiger charge is 2.21. The zero-order valence-electron chi connectivity index (χ0n) is 15.4. The van der Waals surface area contributed by atoms with E-state index in [0.29, 0.717) is 10.8 Å². The first-order valence-corrected chi connectivity index (χ1v) is 10.0. The highest BCUT2D eigenvalue weighted by Crippen LogP contribution is 2.28. The van der Waals surface area contributed by atoms with Gasteiger partial charge in [0.05, 0.1) is 16.0 Å². The van der Waals surface area contributed by atoms with Crippen LogP contribution in [0.25, 0.3) is 11.4 Å². The molecular formula is C19H19ClFN5OS. The fourth-order valence-electron chi connectivity index (χ4n) is 2.55. The van der Waals surface area contributed by atoms with E-state index in [1.165, 1.54) is 23.9 Å². The third-order valence-corrected chi connectivity index (χ3v) is 5.34. The van der Waals surface area contributed by atoms with Gasteiger partial charge in [-0.3, -0.25) is 9.78 Å². The van der Waals surface area contributed by atoms with Crippen LogP contribution >= 0.6 is 23.4 Å². The SMILES string of the molecule is CCCn1c(SC(C)C(=O)Nc2ccc(F)cc2Cl)nnc1-c1ccncc1. The van der Waals surface area contributed by atoms with Crippen molar-refractivity contribution in [3.05, 3.63) is 53.6 Å². The number of aromatic nitrogens is 4. The van der Waals surface area contributed by atoms with E-state index in [0.717, 1.165) is 30.4 Å². The number of carbonyl (C=O) groups is 1. The van der Waals surface area contributed by atoms with E-state index in [1.807, 2.05) is 16.7 Å². The number of anilines is 1. The number of amides is 1. The molecule has 0 bridgehead atoms. The lowest BCUT2D eigenvalue weighted by atomic mass is 10.2. The number of nitrogens with one attached hydrogen (secondary N) is 1. The topological polar surface area (TPSA) is 72.7 Å². The normalized spacial score (nSPS) is 12.0. The standard InChI is InChI=1S/C19H19ClFN5OS/c1-3-10-26-17(13-6-8-22-9-7-13)24-25-19(26)28-12(2)18(27)23-16-5-4-14(21)11-15(16)20/h4-9,11-12H,3,10H2,1-2H3,(H,23,27). The number of hydrogen-bond donors (Lipinski definition) is 1. The summed E-state index contributed by atoms with van der Waals surface area (Å²) in [6, 6.07) is 7.59. The van der Waals surface area contributed by atoms with Gasteiger partial charge in [0, 0.05) is 24.5 Å². The van der Waals surface area contributed by atoms with Gasteiger partial charge in [-0.1, -0.05) is 30.3 Å². The summed E-state index contributed by atoms with van der Waals surface area (Å²) in [5.41, 5.74) is 1.28. The minimum Gasteiger partial charge on any atom is -0.324 e. The molecule has 0 spiro atoms. The molecule has 0 saturated heterocycles. The Labute approximate surface area is 171 Å². The summed E-state index contributed by atoms with van der Waals surface area (Å²) in [6.45, 7) is 4.57. The van der Waals surface area contributed by atoms with Crippen LogP contribution in [0.3, 0.4) is 0 Å². The van der Waals surface area contributed by atoms with Gasteiger partial charge in [0.15, 0.2) is 11.0 Å². The average Bonchev–Trinajstić information content (AvgIpc) is 3.07. The second-order valence-corrected chi connectivity index (χ2v) is 7.78. The molecule has 0 saturated carbocycles. The van der Waals surface area contributed by atoms with Crippen molar-refractivity contribution in [3.63, 3.8) is 0 Å². The maximum Gasteiger partial charge on any atom is 0.237 e. The monoisotopic (exact) mass is 419 g/mol. The first-order chi connectivity index (χ1) is 13.5. The average molecular weight is 420 g/mol. The first kappa shape index (κ1) is 20.3. The fourth-order valence-corrected chi connectivity index (χ4v) is 3.64. The molecule has 2 heterocycles. The maximum absolute atomic E-state index is 13.2. The van der Waals surface area contributed by atoms with Crippen LogP contribution in [0.4, 0.5) is 10.1 Å². The van der Waals surface area contributed by atoms with E-state index in [2.05, 4.69) is 27.4 Å². The number of nitrogens with zero attached hydrogens (tertiary/aromatic N) is 4. The zero-order chi connectivity index (χ0) is 20.1. The van der Waals surface area contributed by atoms with E-state index >= 15 is 0 Å². The molecule has 9 heteroatoms. The van der Waals surface area contributed by atoms with Crippen LogP contribution in [0, 0.1) is 5.82 Å². The van der Waals surface area contributed by atoms with Crippen LogP contribution in [0.15, 0.2) is 47.9 Å². The molecule has 1 amide bonds. The Balaban J connectivity index is 1.77. The van der Waals surface area contributed by atoms with Crippen LogP contribution in [-0.4, -0.2) is 30.9 Å². The third-order valence-electron chi connectivity index (χ3n) is 3.94. The largest absolute Gasteiger partial charge is 0.324 e. The Hall–Kier alpha value is -2.45. The number of rotatable bonds is 7. The van der Waals surface area contributed by atoms with Crippen LogP contribution in [-0.2, 0) is 11.3 Å². The highest BCUT2D eigenvalue weighted by molar-refractivity contribution is 8.00. The lowest BCUT2D eigenvalue weighted by Crippen LogP contribution is -2.23. The Morgan fingerprint density at radius 2 is 2.04 bits per heavy atom. The van der Waals surface area contributed by atoms with Crippen molar-refractivity contribution in [2.45, 2.75) is 37.2 Å². The van der Waals surface area contributed by atoms with E-state index in [-0.39, 0.29) is 10.9 Å². The number of halogens is 2.